The minimum absolute atomic E-state index is 0.361. The highest BCUT2D eigenvalue weighted by Gasteiger charge is 2.19. The monoisotopic (exact) mass is 347 g/mol. The van der Waals surface area contributed by atoms with Crippen LogP contribution in [-0.4, -0.2) is 38.2 Å². The second-order valence-corrected chi connectivity index (χ2v) is 5.64. The summed E-state index contributed by atoms with van der Waals surface area (Å²) in [5.74, 6) is 0.0617. The number of nitrogens with zero attached hydrogens (tertiary/aromatic N) is 5. The molecule has 2 N–H and O–H groups in total. The van der Waals surface area contributed by atoms with Gasteiger partial charge in [-0.3, -0.25) is 10.1 Å². The zero-order valence-corrected chi connectivity index (χ0v) is 13.9. The molecule has 1 aromatic carbocycles. The summed E-state index contributed by atoms with van der Waals surface area (Å²) < 4.78 is 15.2. The Kier molecular flexibility index (Phi) is 3.85. The SMILES string of the molecule is C=N/C=N\C=C(/C)c1ccc2[nH]nc(-c3nc4cccnc4[nH]3)c2c1F. The lowest BCUT2D eigenvalue weighted by Crippen LogP contribution is -1.90. The molecule has 7 nitrogen and oxygen atoms in total. The number of imidazole rings is 1. The molecule has 0 saturated carbocycles. The zero-order chi connectivity index (χ0) is 18.1. The van der Waals surface area contributed by atoms with Crippen LogP contribution in [0.1, 0.15) is 12.5 Å². The van der Waals surface area contributed by atoms with Gasteiger partial charge in [-0.1, -0.05) is 0 Å². The second-order valence-electron chi connectivity index (χ2n) is 5.64. The van der Waals surface area contributed by atoms with Gasteiger partial charge in [0.15, 0.2) is 11.5 Å². The zero-order valence-electron chi connectivity index (χ0n) is 13.9. The molecular weight excluding hydrogens is 333 g/mol. The van der Waals surface area contributed by atoms with Crippen LogP contribution in [0.5, 0.6) is 0 Å². The molecule has 26 heavy (non-hydrogen) atoms. The number of fused-ring (bicyclic) bond motifs is 2. The summed E-state index contributed by atoms with van der Waals surface area (Å²) in [7, 11) is 0. The maximum absolute atomic E-state index is 15.2. The predicted octanol–water partition coefficient (Wildman–Crippen LogP) is 3.73. The summed E-state index contributed by atoms with van der Waals surface area (Å²) in [5.41, 5.74) is 3.38. The number of H-pyrrole nitrogens is 2. The van der Waals surface area contributed by atoms with Crippen LogP contribution in [0.25, 0.3) is 39.2 Å². The van der Waals surface area contributed by atoms with Crippen molar-refractivity contribution in [3.05, 3.63) is 48.0 Å². The number of allylic oxidation sites excluding steroid dienone is 1. The Labute approximate surface area is 147 Å². The number of aliphatic imine (C=N–C) groups is 2. The maximum atomic E-state index is 15.2. The number of halogens is 1. The Morgan fingerprint density at radius 3 is 3.00 bits per heavy atom. The molecule has 0 aliphatic rings. The van der Waals surface area contributed by atoms with Gasteiger partial charge in [-0.2, -0.15) is 5.10 Å². The van der Waals surface area contributed by atoms with Crippen molar-refractivity contribution < 1.29 is 4.39 Å². The van der Waals surface area contributed by atoms with Gasteiger partial charge in [0.1, 0.15) is 23.4 Å². The molecule has 3 aromatic heterocycles. The van der Waals surface area contributed by atoms with Gasteiger partial charge in [-0.25, -0.2) is 19.4 Å². The highest BCUT2D eigenvalue weighted by Crippen LogP contribution is 2.31. The summed E-state index contributed by atoms with van der Waals surface area (Å²) in [6.07, 6.45) is 4.49. The van der Waals surface area contributed by atoms with Gasteiger partial charge >= 0.3 is 0 Å². The lowest BCUT2D eigenvalue weighted by molar-refractivity contribution is 0.636. The number of hydrogen-bond donors (Lipinski definition) is 2. The minimum atomic E-state index is -0.393. The van der Waals surface area contributed by atoms with Crippen molar-refractivity contribution in [1.82, 2.24) is 25.1 Å². The third kappa shape index (κ3) is 2.57. The Bertz CT molecular complexity index is 1150. The highest BCUT2D eigenvalue weighted by atomic mass is 19.1. The molecule has 4 rings (SSSR count). The topological polar surface area (TPSA) is 95.0 Å². The van der Waals surface area contributed by atoms with Crippen LogP contribution in [0.15, 0.2) is 46.6 Å². The standard InChI is InChI=1S/C18H14FN7/c1-10(8-21-9-20-2)11-5-6-12-14(15(11)19)16(26-25-12)18-23-13-4-3-7-22-17(13)24-18/h3-9H,2H2,1H3,(H,25,26)(H,22,23,24)/b10-8+,21-9-. The first-order valence-corrected chi connectivity index (χ1v) is 7.81. The molecule has 0 unspecified atom stereocenters. The third-order valence-electron chi connectivity index (χ3n) is 3.99. The Balaban J connectivity index is 1.89. The van der Waals surface area contributed by atoms with Gasteiger partial charge < -0.3 is 4.98 Å². The fourth-order valence-corrected chi connectivity index (χ4v) is 2.77. The molecule has 0 spiro atoms. The third-order valence-corrected chi connectivity index (χ3v) is 3.99. The molecule has 0 bridgehead atoms. The second kappa shape index (κ2) is 6.32. The molecule has 0 fully saturated rings. The molecule has 8 heteroatoms. The lowest BCUT2D eigenvalue weighted by Gasteiger charge is -2.04. The summed E-state index contributed by atoms with van der Waals surface area (Å²) in [6.45, 7) is 5.09. The van der Waals surface area contributed by atoms with E-state index in [-0.39, 0.29) is 0 Å². The molecule has 0 atom stereocenters. The van der Waals surface area contributed by atoms with Gasteiger partial charge in [0.2, 0.25) is 0 Å². The van der Waals surface area contributed by atoms with E-state index in [1.807, 2.05) is 6.07 Å². The van der Waals surface area contributed by atoms with Crippen molar-refractivity contribution in [2.75, 3.05) is 0 Å². The van der Waals surface area contributed by atoms with Gasteiger partial charge in [-0.05, 0) is 43.5 Å². The highest BCUT2D eigenvalue weighted by molar-refractivity contribution is 5.95. The van der Waals surface area contributed by atoms with Crippen LogP contribution in [-0.2, 0) is 0 Å². The summed E-state index contributed by atoms with van der Waals surface area (Å²) in [5, 5.41) is 7.45. The van der Waals surface area contributed by atoms with Gasteiger partial charge in [0.05, 0.1) is 10.9 Å². The number of nitrogens with one attached hydrogen (secondary N) is 2. The van der Waals surface area contributed by atoms with E-state index >= 15 is 4.39 Å². The summed E-state index contributed by atoms with van der Waals surface area (Å²) in [6, 6.07) is 7.08. The number of aromatic amines is 2. The predicted molar refractivity (Wildman–Crippen MR) is 101 cm³/mol. The molecule has 0 saturated heterocycles. The van der Waals surface area contributed by atoms with E-state index in [0.717, 1.165) is 0 Å². The molecule has 0 aliphatic carbocycles. The van der Waals surface area contributed by atoms with Crippen LogP contribution in [0.3, 0.4) is 0 Å². The van der Waals surface area contributed by atoms with Crippen LogP contribution >= 0.6 is 0 Å². The smallest absolute Gasteiger partial charge is 0.161 e. The minimum Gasteiger partial charge on any atom is -0.321 e. The summed E-state index contributed by atoms with van der Waals surface area (Å²) in [4.78, 5) is 19.2. The lowest BCUT2D eigenvalue weighted by atomic mass is 10.0. The number of pyridine rings is 1. The van der Waals surface area contributed by atoms with Crippen LogP contribution in [0, 0.1) is 5.82 Å². The van der Waals surface area contributed by atoms with Crippen LogP contribution < -0.4 is 0 Å². The van der Waals surface area contributed by atoms with E-state index in [9.17, 15) is 0 Å². The maximum Gasteiger partial charge on any atom is 0.161 e. The number of hydrogen-bond acceptors (Lipinski definition) is 4. The van der Waals surface area contributed by atoms with E-state index < -0.39 is 5.82 Å². The molecular formula is C18H14FN7. The van der Waals surface area contributed by atoms with Crippen molar-refractivity contribution in [1.29, 1.82) is 0 Å². The van der Waals surface area contributed by atoms with Crippen molar-refractivity contribution in [2.24, 2.45) is 9.98 Å². The first-order chi connectivity index (χ1) is 12.7. The largest absolute Gasteiger partial charge is 0.321 e. The van der Waals surface area contributed by atoms with E-state index in [1.165, 1.54) is 12.5 Å². The molecule has 0 aliphatic heterocycles. The first-order valence-electron chi connectivity index (χ1n) is 7.81. The fourth-order valence-electron chi connectivity index (χ4n) is 2.77. The normalized spacial score (nSPS) is 12.5. The average Bonchev–Trinajstić information content (AvgIpc) is 3.26. The van der Waals surface area contributed by atoms with E-state index in [2.05, 4.69) is 41.9 Å². The Hall–Kier alpha value is -3.68. The Morgan fingerprint density at radius 2 is 2.19 bits per heavy atom. The van der Waals surface area contributed by atoms with Crippen molar-refractivity contribution in [3.8, 4) is 11.5 Å². The molecule has 0 amide bonds. The van der Waals surface area contributed by atoms with E-state index in [1.54, 1.807) is 31.3 Å². The molecule has 4 aromatic rings. The van der Waals surface area contributed by atoms with Crippen LogP contribution in [0.2, 0.25) is 0 Å². The average molecular weight is 347 g/mol. The van der Waals surface area contributed by atoms with Crippen LogP contribution in [0.4, 0.5) is 4.39 Å². The number of benzene rings is 1. The fraction of sp³-hybridized carbons (Fsp3) is 0.0556. The molecule has 3 heterocycles. The van der Waals surface area contributed by atoms with Gasteiger partial charge in [-0.15, -0.1) is 0 Å². The van der Waals surface area contributed by atoms with E-state index in [4.69, 9.17) is 0 Å². The summed E-state index contributed by atoms with van der Waals surface area (Å²) >= 11 is 0. The molecule has 128 valence electrons. The van der Waals surface area contributed by atoms with Gasteiger partial charge in [0.25, 0.3) is 0 Å². The van der Waals surface area contributed by atoms with E-state index in [0.29, 0.717) is 44.7 Å². The van der Waals surface area contributed by atoms with Crippen molar-refractivity contribution in [2.45, 2.75) is 6.92 Å². The first kappa shape index (κ1) is 15.8. The molecule has 0 radical (unpaired) electrons. The van der Waals surface area contributed by atoms with Crippen molar-refractivity contribution in [3.63, 3.8) is 0 Å². The van der Waals surface area contributed by atoms with Crippen molar-refractivity contribution >= 4 is 40.7 Å². The Morgan fingerprint density at radius 1 is 1.31 bits per heavy atom. The number of rotatable bonds is 4. The quantitative estimate of drug-likeness (QED) is 0.435. The number of aromatic nitrogens is 5. The van der Waals surface area contributed by atoms with Gasteiger partial charge in [0, 0.05) is 18.0 Å².